The fraction of sp³-hybridized carbons (Fsp3) is 0.812. The molecule has 1 aromatic heterocycles. The highest BCUT2D eigenvalue weighted by Gasteiger charge is 2.31. The minimum atomic E-state index is 0.351. The van der Waals surface area contributed by atoms with Crippen molar-refractivity contribution in [2.45, 2.75) is 58.4 Å². The van der Waals surface area contributed by atoms with Crippen molar-refractivity contribution >= 4 is 11.6 Å². The summed E-state index contributed by atoms with van der Waals surface area (Å²) in [5.41, 5.74) is 1.17. The molecule has 0 saturated heterocycles. The van der Waals surface area contributed by atoms with Crippen molar-refractivity contribution in [1.29, 1.82) is 0 Å². The molecule has 1 aliphatic carbocycles. The predicted octanol–water partition coefficient (Wildman–Crippen LogP) is 4.33. The van der Waals surface area contributed by atoms with Gasteiger partial charge in [0.2, 0.25) is 0 Å². The summed E-state index contributed by atoms with van der Waals surface area (Å²) in [4.78, 5) is 0. The van der Waals surface area contributed by atoms with E-state index in [2.05, 4.69) is 24.3 Å². The first-order valence-electron chi connectivity index (χ1n) is 8.08. The van der Waals surface area contributed by atoms with Gasteiger partial charge in [0.1, 0.15) is 0 Å². The number of nitrogens with one attached hydrogen (secondary N) is 1. The smallest absolute Gasteiger partial charge is 0.0834 e. The minimum absolute atomic E-state index is 0.351. The van der Waals surface area contributed by atoms with Crippen molar-refractivity contribution in [3.8, 4) is 0 Å². The fourth-order valence-corrected chi connectivity index (χ4v) is 3.85. The Balaban J connectivity index is 2.18. The van der Waals surface area contributed by atoms with E-state index in [4.69, 9.17) is 11.6 Å². The Morgan fingerprint density at radius 2 is 2.25 bits per heavy atom. The highest BCUT2D eigenvalue weighted by molar-refractivity contribution is 6.31. The molecule has 114 valence electrons. The molecule has 4 heteroatoms. The zero-order chi connectivity index (χ0) is 14.5. The maximum absolute atomic E-state index is 6.38. The van der Waals surface area contributed by atoms with Crippen LogP contribution in [-0.2, 0) is 7.05 Å². The summed E-state index contributed by atoms with van der Waals surface area (Å²) in [5.74, 6) is 1.57. The van der Waals surface area contributed by atoms with Crippen LogP contribution >= 0.6 is 11.6 Å². The quantitative estimate of drug-likeness (QED) is 0.847. The van der Waals surface area contributed by atoms with E-state index in [0.29, 0.717) is 12.0 Å². The Morgan fingerprint density at radius 1 is 1.45 bits per heavy atom. The van der Waals surface area contributed by atoms with Crippen molar-refractivity contribution < 1.29 is 0 Å². The molecule has 0 spiro atoms. The van der Waals surface area contributed by atoms with Gasteiger partial charge in [0.25, 0.3) is 0 Å². The fourth-order valence-electron chi connectivity index (χ4n) is 3.56. The van der Waals surface area contributed by atoms with E-state index >= 15 is 0 Å². The summed E-state index contributed by atoms with van der Waals surface area (Å²) in [7, 11) is 2.00. The molecule has 20 heavy (non-hydrogen) atoms. The summed E-state index contributed by atoms with van der Waals surface area (Å²) in [6.07, 6.45) is 9.60. The van der Waals surface area contributed by atoms with Crippen LogP contribution in [0, 0.1) is 11.8 Å². The topological polar surface area (TPSA) is 29.9 Å². The molecule has 1 aliphatic rings. The molecule has 1 aromatic rings. The van der Waals surface area contributed by atoms with Gasteiger partial charge in [0, 0.05) is 7.05 Å². The third kappa shape index (κ3) is 3.56. The molecular weight excluding hydrogens is 270 g/mol. The lowest BCUT2D eigenvalue weighted by molar-refractivity contribution is 0.204. The van der Waals surface area contributed by atoms with Crippen LogP contribution in [0.25, 0.3) is 0 Å². The summed E-state index contributed by atoms with van der Waals surface area (Å²) in [6, 6.07) is 0.351. The van der Waals surface area contributed by atoms with Gasteiger partial charge < -0.3 is 5.32 Å². The van der Waals surface area contributed by atoms with Gasteiger partial charge in [0.05, 0.1) is 23.0 Å². The minimum Gasteiger partial charge on any atom is -0.308 e. The van der Waals surface area contributed by atoms with Gasteiger partial charge in [0.15, 0.2) is 0 Å². The van der Waals surface area contributed by atoms with Crippen molar-refractivity contribution in [1.82, 2.24) is 15.1 Å². The molecule has 3 atom stereocenters. The second kappa shape index (κ2) is 7.46. The molecule has 1 heterocycles. The average molecular weight is 298 g/mol. The second-order valence-electron chi connectivity index (χ2n) is 6.13. The summed E-state index contributed by atoms with van der Waals surface area (Å²) in [5, 5.41) is 8.85. The highest BCUT2D eigenvalue weighted by Crippen LogP contribution is 2.40. The number of rotatable bonds is 6. The Hall–Kier alpha value is -0.540. The van der Waals surface area contributed by atoms with Crippen LogP contribution in [0.3, 0.4) is 0 Å². The number of hydrogen-bond donors (Lipinski definition) is 1. The summed E-state index contributed by atoms with van der Waals surface area (Å²) < 4.78 is 1.95. The molecule has 0 aromatic carbocycles. The molecule has 2 rings (SSSR count). The summed E-state index contributed by atoms with van der Waals surface area (Å²) >= 11 is 6.38. The van der Waals surface area contributed by atoms with E-state index in [0.717, 1.165) is 23.9 Å². The lowest BCUT2D eigenvalue weighted by Crippen LogP contribution is -2.33. The first kappa shape index (κ1) is 15.8. The molecule has 0 amide bonds. The average Bonchev–Trinajstić information content (AvgIpc) is 2.80. The molecule has 0 aliphatic heterocycles. The molecule has 1 N–H and O–H groups in total. The van der Waals surface area contributed by atoms with E-state index in [1.807, 2.05) is 11.7 Å². The lowest BCUT2D eigenvalue weighted by atomic mass is 9.76. The van der Waals surface area contributed by atoms with E-state index in [9.17, 15) is 0 Å². The Kier molecular flexibility index (Phi) is 5.91. The molecular formula is C16H28ClN3. The highest BCUT2D eigenvalue weighted by atomic mass is 35.5. The van der Waals surface area contributed by atoms with Gasteiger partial charge in [-0.1, -0.05) is 44.7 Å². The first-order chi connectivity index (χ1) is 9.67. The van der Waals surface area contributed by atoms with Crippen LogP contribution < -0.4 is 5.32 Å². The van der Waals surface area contributed by atoms with Crippen LogP contribution in [0.5, 0.6) is 0 Å². The van der Waals surface area contributed by atoms with Crippen molar-refractivity contribution in [2.75, 3.05) is 6.54 Å². The van der Waals surface area contributed by atoms with Crippen molar-refractivity contribution in [3.63, 3.8) is 0 Å². The molecule has 1 fully saturated rings. The second-order valence-corrected chi connectivity index (χ2v) is 6.54. The lowest BCUT2D eigenvalue weighted by Gasteiger charge is -2.35. The Labute approximate surface area is 128 Å². The van der Waals surface area contributed by atoms with Gasteiger partial charge in [-0.25, -0.2) is 0 Å². The standard InChI is InChI=1S/C16H28ClN3/c1-4-9-18-15(16-14(17)11-19-20(16)3)13-8-6-7-12(5-2)10-13/h11-13,15,18H,4-10H2,1-3H3. The van der Waals surface area contributed by atoms with E-state index in [1.165, 1.54) is 37.8 Å². The van der Waals surface area contributed by atoms with Gasteiger partial charge in [-0.3, -0.25) is 4.68 Å². The normalized spacial score (nSPS) is 24.8. The van der Waals surface area contributed by atoms with Crippen LogP contribution in [0.15, 0.2) is 6.20 Å². The van der Waals surface area contributed by atoms with E-state index in [-0.39, 0.29) is 0 Å². The van der Waals surface area contributed by atoms with Crippen molar-refractivity contribution in [2.24, 2.45) is 18.9 Å². The number of aryl methyl sites for hydroxylation is 1. The number of hydrogen-bond acceptors (Lipinski definition) is 2. The molecule has 3 unspecified atom stereocenters. The van der Waals surface area contributed by atoms with Gasteiger partial charge in [-0.05, 0) is 37.6 Å². The maximum Gasteiger partial charge on any atom is 0.0834 e. The SMILES string of the molecule is CCCNC(c1c(Cl)cnn1C)C1CCCC(CC)C1. The molecule has 0 radical (unpaired) electrons. The zero-order valence-corrected chi connectivity index (χ0v) is 13.8. The molecule has 1 saturated carbocycles. The van der Waals surface area contributed by atoms with Crippen LogP contribution in [-0.4, -0.2) is 16.3 Å². The van der Waals surface area contributed by atoms with Gasteiger partial charge in [-0.15, -0.1) is 0 Å². The number of aromatic nitrogens is 2. The largest absolute Gasteiger partial charge is 0.308 e. The maximum atomic E-state index is 6.38. The summed E-state index contributed by atoms with van der Waals surface area (Å²) in [6.45, 7) is 5.57. The van der Waals surface area contributed by atoms with Crippen LogP contribution in [0.4, 0.5) is 0 Å². The first-order valence-corrected chi connectivity index (χ1v) is 8.45. The monoisotopic (exact) mass is 297 g/mol. The van der Waals surface area contributed by atoms with E-state index < -0.39 is 0 Å². The number of halogens is 1. The van der Waals surface area contributed by atoms with Crippen molar-refractivity contribution in [3.05, 3.63) is 16.9 Å². The van der Waals surface area contributed by atoms with Crippen LogP contribution in [0.1, 0.15) is 64.1 Å². The molecule has 3 nitrogen and oxygen atoms in total. The third-order valence-corrected chi connectivity index (χ3v) is 5.01. The van der Waals surface area contributed by atoms with Gasteiger partial charge in [-0.2, -0.15) is 5.10 Å². The van der Waals surface area contributed by atoms with Gasteiger partial charge >= 0.3 is 0 Å². The number of nitrogens with zero attached hydrogens (tertiary/aromatic N) is 2. The molecule has 0 bridgehead atoms. The van der Waals surface area contributed by atoms with E-state index in [1.54, 1.807) is 6.20 Å². The Morgan fingerprint density at radius 3 is 2.85 bits per heavy atom. The third-order valence-electron chi connectivity index (χ3n) is 4.72. The predicted molar refractivity (Wildman–Crippen MR) is 85.0 cm³/mol. The Bertz CT molecular complexity index is 396. The van der Waals surface area contributed by atoms with Crippen LogP contribution in [0.2, 0.25) is 5.02 Å². The zero-order valence-electron chi connectivity index (χ0n) is 13.0.